The minimum absolute atomic E-state index is 0.0452. The molecule has 19 heavy (non-hydrogen) atoms. The molecule has 0 heterocycles. The quantitative estimate of drug-likeness (QED) is 0.447. The van der Waals surface area contributed by atoms with E-state index < -0.39 is 11.8 Å². The van der Waals surface area contributed by atoms with Crippen LogP contribution in [0.2, 0.25) is 0 Å². The molecular weight excluding hydrogens is 264 g/mol. The summed E-state index contributed by atoms with van der Waals surface area (Å²) >= 11 is 4.61. The fourth-order valence-corrected chi connectivity index (χ4v) is 2.27. The van der Waals surface area contributed by atoms with Crippen molar-refractivity contribution >= 4 is 29.0 Å². The van der Waals surface area contributed by atoms with Gasteiger partial charge in [0.1, 0.15) is 0 Å². The number of thiocarbonyl (C=S) groups is 1. The van der Waals surface area contributed by atoms with Gasteiger partial charge < -0.3 is 21.3 Å². The zero-order valence-electron chi connectivity index (χ0n) is 11.3. The van der Waals surface area contributed by atoms with Crippen molar-refractivity contribution in [1.82, 2.24) is 15.5 Å². The molecule has 1 rings (SSSR count). The van der Waals surface area contributed by atoms with Crippen LogP contribution in [0.1, 0.15) is 25.7 Å². The van der Waals surface area contributed by atoms with Crippen LogP contribution in [0.15, 0.2) is 0 Å². The lowest BCUT2D eigenvalue weighted by Crippen LogP contribution is -2.45. The average Bonchev–Trinajstić information content (AvgIpc) is 2.89. The maximum absolute atomic E-state index is 11.4. The Morgan fingerprint density at radius 3 is 2.42 bits per heavy atom. The van der Waals surface area contributed by atoms with Gasteiger partial charge in [0.05, 0.1) is 11.5 Å². The zero-order chi connectivity index (χ0) is 14.3. The van der Waals surface area contributed by atoms with Gasteiger partial charge in [0, 0.05) is 19.1 Å². The third-order valence-electron chi connectivity index (χ3n) is 3.33. The van der Waals surface area contributed by atoms with Gasteiger partial charge in [-0.05, 0) is 19.9 Å². The van der Waals surface area contributed by atoms with Crippen LogP contribution in [0.4, 0.5) is 0 Å². The summed E-state index contributed by atoms with van der Waals surface area (Å²) in [7, 11) is 2.05. The Hall–Kier alpha value is -1.21. The van der Waals surface area contributed by atoms with Crippen LogP contribution in [0, 0.1) is 0 Å². The topological polar surface area (TPSA) is 87.5 Å². The van der Waals surface area contributed by atoms with Crippen LogP contribution in [-0.4, -0.2) is 54.4 Å². The van der Waals surface area contributed by atoms with Crippen LogP contribution >= 0.6 is 12.2 Å². The minimum atomic E-state index is -0.698. The van der Waals surface area contributed by atoms with Crippen molar-refractivity contribution in [3.63, 3.8) is 0 Å². The molecule has 0 saturated heterocycles. The molecule has 0 radical (unpaired) electrons. The molecule has 0 bridgehead atoms. The van der Waals surface area contributed by atoms with Crippen LogP contribution in [0.25, 0.3) is 0 Å². The molecule has 6 nitrogen and oxygen atoms in total. The van der Waals surface area contributed by atoms with E-state index in [9.17, 15) is 9.59 Å². The lowest BCUT2D eigenvalue weighted by atomic mass is 10.2. The lowest BCUT2D eigenvalue weighted by Gasteiger charge is -2.23. The predicted molar refractivity (Wildman–Crippen MR) is 77.7 cm³/mol. The third kappa shape index (κ3) is 5.98. The first kappa shape index (κ1) is 15.8. The fraction of sp³-hybridized carbons (Fsp3) is 0.750. The Kier molecular flexibility index (Phi) is 6.72. The minimum Gasteiger partial charge on any atom is -0.392 e. The van der Waals surface area contributed by atoms with E-state index in [0.29, 0.717) is 12.6 Å². The number of rotatable bonds is 6. The molecule has 0 atom stereocenters. The zero-order valence-corrected chi connectivity index (χ0v) is 12.1. The molecule has 1 aliphatic carbocycles. The summed E-state index contributed by atoms with van der Waals surface area (Å²) in [5.74, 6) is -1.34. The number of hydrogen-bond acceptors (Lipinski definition) is 4. The first-order valence-corrected chi connectivity index (χ1v) is 6.96. The second kappa shape index (κ2) is 8.06. The highest BCUT2D eigenvalue weighted by Crippen LogP contribution is 2.21. The number of nitrogens with two attached hydrogens (primary N) is 1. The van der Waals surface area contributed by atoms with Gasteiger partial charge in [0.2, 0.25) is 0 Å². The fourth-order valence-electron chi connectivity index (χ4n) is 2.20. The predicted octanol–water partition coefficient (Wildman–Crippen LogP) is -0.621. The van der Waals surface area contributed by atoms with Crippen molar-refractivity contribution in [1.29, 1.82) is 0 Å². The van der Waals surface area contributed by atoms with E-state index in [2.05, 4.69) is 34.8 Å². The summed E-state index contributed by atoms with van der Waals surface area (Å²) in [6, 6.07) is 0.611. The summed E-state index contributed by atoms with van der Waals surface area (Å²) in [6.45, 7) is 1.26. The average molecular weight is 286 g/mol. The highest BCUT2D eigenvalue weighted by atomic mass is 32.1. The molecule has 0 aliphatic heterocycles. The van der Waals surface area contributed by atoms with Gasteiger partial charge in [-0.25, -0.2) is 0 Å². The summed E-state index contributed by atoms with van der Waals surface area (Å²) < 4.78 is 0. The number of nitrogens with one attached hydrogen (secondary N) is 2. The largest absolute Gasteiger partial charge is 0.392 e. The number of hydrogen-bond donors (Lipinski definition) is 3. The van der Waals surface area contributed by atoms with Gasteiger partial charge in [-0.3, -0.25) is 9.59 Å². The molecule has 1 saturated carbocycles. The molecule has 0 aromatic heterocycles. The van der Waals surface area contributed by atoms with Crippen LogP contribution in [-0.2, 0) is 9.59 Å². The summed E-state index contributed by atoms with van der Waals surface area (Å²) in [4.78, 5) is 25.2. The van der Waals surface area contributed by atoms with E-state index in [1.54, 1.807) is 0 Å². The summed E-state index contributed by atoms with van der Waals surface area (Å²) in [5.41, 5.74) is 5.23. The van der Waals surface area contributed by atoms with Gasteiger partial charge in [0.15, 0.2) is 0 Å². The highest BCUT2D eigenvalue weighted by molar-refractivity contribution is 7.80. The van der Waals surface area contributed by atoms with Crippen molar-refractivity contribution in [2.24, 2.45) is 5.73 Å². The van der Waals surface area contributed by atoms with E-state index in [4.69, 9.17) is 5.73 Å². The molecule has 0 unspecified atom stereocenters. The number of carbonyl (C=O) groups is 2. The second-order valence-electron chi connectivity index (χ2n) is 4.82. The Morgan fingerprint density at radius 1 is 1.26 bits per heavy atom. The SMILES string of the molecule is CN(CCNC(=O)C(=O)NCC(N)=S)C1CCCC1. The van der Waals surface area contributed by atoms with Gasteiger partial charge in [-0.2, -0.15) is 0 Å². The van der Waals surface area contributed by atoms with Crippen molar-refractivity contribution < 1.29 is 9.59 Å². The van der Waals surface area contributed by atoms with Gasteiger partial charge >= 0.3 is 11.8 Å². The van der Waals surface area contributed by atoms with E-state index in [1.807, 2.05) is 0 Å². The number of nitrogens with zero attached hydrogens (tertiary/aromatic N) is 1. The van der Waals surface area contributed by atoms with Gasteiger partial charge in [-0.1, -0.05) is 25.1 Å². The maximum Gasteiger partial charge on any atom is 0.309 e. The van der Waals surface area contributed by atoms with Crippen molar-refractivity contribution in [2.45, 2.75) is 31.7 Å². The van der Waals surface area contributed by atoms with Crippen molar-refractivity contribution in [3.05, 3.63) is 0 Å². The first-order chi connectivity index (χ1) is 9.00. The second-order valence-corrected chi connectivity index (χ2v) is 5.35. The standard InChI is InChI=1S/C12H22N4O2S/c1-16(9-4-2-3-5-9)7-6-14-11(17)12(18)15-8-10(13)19/h9H,2-8H2,1H3,(H2,13,19)(H,14,17)(H,15,18). The molecule has 2 amide bonds. The molecule has 1 aliphatic rings. The van der Waals surface area contributed by atoms with E-state index in [0.717, 1.165) is 6.54 Å². The number of carbonyl (C=O) groups excluding carboxylic acids is 2. The molecule has 0 spiro atoms. The van der Waals surface area contributed by atoms with Crippen LogP contribution < -0.4 is 16.4 Å². The molecule has 4 N–H and O–H groups in total. The molecule has 7 heteroatoms. The van der Waals surface area contributed by atoms with E-state index >= 15 is 0 Å². The summed E-state index contributed by atoms with van der Waals surface area (Å²) in [6.07, 6.45) is 5.00. The molecule has 0 aromatic carbocycles. The monoisotopic (exact) mass is 286 g/mol. The Balaban J connectivity index is 2.15. The van der Waals surface area contributed by atoms with E-state index in [1.165, 1.54) is 25.7 Å². The molecule has 1 fully saturated rings. The van der Waals surface area contributed by atoms with Crippen molar-refractivity contribution in [3.8, 4) is 0 Å². The van der Waals surface area contributed by atoms with Crippen molar-refractivity contribution in [2.75, 3.05) is 26.7 Å². The number of amides is 2. The van der Waals surface area contributed by atoms with E-state index in [-0.39, 0.29) is 11.5 Å². The molecular formula is C12H22N4O2S. The Labute approximate surface area is 119 Å². The lowest BCUT2D eigenvalue weighted by molar-refractivity contribution is -0.139. The Morgan fingerprint density at radius 2 is 1.84 bits per heavy atom. The summed E-state index contributed by atoms with van der Waals surface area (Å²) in [5, 5.41) is 4.93. The highest BCUT2D eigenvalue weighted by Gasteiger charge is 2.19. The normalized spacial score (nSPS) is 15.5. The smallest absolute Gasteiger partial charge is 0.309 e. The Bertz CT molecular complexity index is 343. The van der Waals surface area contributed by atoms with Gasteiger partial charge in [-0.15, -0.1) is 0 Å². The number of likely N-dealkylation sites (N-methyl/N-ethyl adjacent to an activating group) is 1. The van der Waals surface area contributed by atoms with Crippen LogP contribution in [0.5, 0.6) is 0 Å². The molecule has 108 valence electrons. The first-order valence-electron chi connectivity index (χ1n) is 6.55. The van der Waals surface area contributed by atoms with Crippen LogP contribution in [0.3, 0.4) is 0 Å². The molecule has 0 aromatic rings. The van der Waals surface area contributed by atoms with Gasteiger partial charge in [0.25, 0.3) is 0 Å². The third-order valence-corrected chi connectivity index (χ3v) is 3.47. The maximum atomic E-state index is 11.4.